The maximum Gasteiger partial charge on any atom is 0.00860 e. The van der Waals surface area contributed by atoms with Crippen LogP contribution in [0.15, 0.2) is 54.6 Å². The third-order valence-corrected chi connectivity index (χ3v) is 4.10. The van der Waals surface area contributed by atoms with E-state index < -0.39 is 0 Å². The van der Waals surface area contributed by atoms with E-state index in [1.807, 2.05) is 0 Å². The zero-order valence-electron chi connectivity index (χ0n) is 12.3. The summed E-state index contributed by atoms with van der Waals surface area (Å²) in [6.07, 6.45) is 10.9. The molecule has 3 aromatic rings. The van der Waals surface area contributed by atoms with Gasteiger partial charge in [0.25, 0.3) is 0 Å². The molecule has 3 rings (SSSR count). The minimum Gasteiger partial charge on any atom is -0.120 e. The normalized spacial score (nSPS) is 10.8. The van der Waals surface area contributed by atoms with E-state index in [2.05, 4.69) is 60.5 Å². The predicted octanol–water partition coefficient (Wildman–Crippen LogP) is 5.73. The number of hydrogen-bond donors (Lipinski definition) is 0. The van der Waals surface area contributed by atoms with Crippen molar-refractivity contribution in [3.05, 3.63) is 60.2 Å². The van der Waals surface area contributed by atoms with E-state index in [4.69, 9.17) is 6.42 Å². The Morgan fingerprint density at radius 2 is 1.52 bits per heavy atom. The van der Waals surface area contributed by atoms with Crippen molar-refractivity contribution in [2.45, 2.75) is 32.1 Å². The summed E-state index contributed by atoms with van der Waals surface area (Å²) in [5.41, 5.74) is 1.46. The molecule has 0 atom stereocenters. The van der Waals surface area contributed by atoms with Crippen molar-refractivity contribution in [1.82, 2.24) is 0 Å². The zero-order valence-corrected chi connectivity index (χ0v) is 12.3. The van der Waals surface area contributed by atoms with Gasteiger partial charge in [-0.15, -0.1) is 12.3 Å². The van der Waals surface area contributed by atoms with Gasteiger partial charge in [0.05, 0.1) is 0 Å². The molecule has 0 saturated heterocycles. The molecule has 21 heavy (non-hydrogen) atoms. The van der Waals surface area contributed by atoms with Crippen LogP contribution in [0.2, 0.25) is 0 Å². The number of fused-ring (bicyclic) bond motifs is 2. The van der Waals surface area contributed by atoms with Gasteiger partial charge < -0.3 is 0 Å². The van der Waals surface area contributed by atoms with Crippen LogP contribution in [0.3, 0.4) is 0 Å². The van der Waals surface area contributed by atoms with Gasteiger partial charge in [-0.05, 0) is 58.5 Å². The van der Waals surface area contributed by atoms with Crippen LogP contribution in [0.1, 0.15) is 31.2 Å². The van der Waals surface area contributed by atoms with E-state index in [1.54, 1.807) is 0 Å². The van der Waals surface area contributed by atoms with E-state index >= 15 is 0 Å². The Labute approximate surface area is 126 Å². The van der Waals surface area contributed by atoms with Crippen molar-refractivity contribution in [2.75, 3.05) is 0 Å². The van der Waals surface area contributed by atoms with Crippen molar-refractivity contribution in [1.29, 1.82) is 0 Å². The SMILES string of the molecule is C#CCCCCCc1cccc2cc3ccccc3cc12. The lowest BCUT2D eigenvalue weighted by atomic mass is 9.96. The fourth-order valence-electron chi connectivity index (χ4n) is 2.97. The van der Waals surface area contributed by atoms with Crippen LogP contribution in [0.4, 0.5) is 0 Å². The fraction of sp³-hybridized carbons (Fsp3) is 0.238. The number of rotatable bonds is 5. The second-order valence-electron chi connectivity index (χ2n) is 5.60. The Morgan fingerprint density at radius 3 is 2.33 bits per heavy atom. The van der Waals surface area contributed by atoms with Crippen LogP contribution in [0.5, 0.6) is 0 Å². The number of benzene rings is 3. The largest absolute Gasteiger partial charge is 0.120 e. The molecule has 0 N–H and O–H groups in total. The van der Waals surface area contributed by atoms with Gasteiger partial charge in [0.1, 0.15) is 0 Å². The van der Waals surface area contributed by atoms with Crippen LogP contribution in [-0.4, -0.2) is 0 Å². The molecule has 0 aliphatic rings. The van der Waals surface area contributed by atoms with Gasteiger partial charge in [0, 0.05) is 6.42 Å². The average Bonchev–Trinajstić information content (AvgIpc) is 2.53. The Bertz CT molecular complexity index is 790. The monoisotopic (exact) mass is 272 g/mol. The molecule has 0 unspecified atom stereocenters. The summed E-state index contributed by atoms with van der Waals surface area (Å²) in [5, 5.41) is 5.38. The number of hydrogen-bond acceptors (Lipinski definition) is 0. The smallest absolute Gasteiger partial charge is 0.00860 e. The van der Waals surface area contributed by atoms with E-state index in [0.29, 0.717) is 0 Å². The van der Waals surface area contributed by atoms with Crippen molar-refractivity contribution in [3.63, 3.8) is 0 Å². The quantitative estimate of drug-likeness (QED) is 0.316. The third kappa shape index (κ3) is 3.09. The van der Waals surface area contributed by atoms with Crippen LogP contribution < -0.4 is 0 Å². The summed E-state index contributed by atoms with van der Waals surface area (Å²) in [5.74, 6) is 2.72. The highest BCUT2D eigenvalue weighted by molar-refractivity contribution is 5.99. The molecule has 0 nitrogen and oxygen atoms in total. The van der Waals surface area contributed by atoms with E-state index in [1.165, 1.54) is 39.9 Å². The zero-order chi connectivity index (χ0) is 14.5. The van der Waals surface area contributed by atoms with Crippen LogP contribution in [-0.2, 0) is 6.42 Å². The molecule has 0 aliphatic heterocycles. The van der Waals surface area contributed by atoms with Gasteiger partial charge in [-0.1, -0.05) is 48.9 Å². The van der Waals surface area contributed by atoms with Gasteiger partial charge in [-0.25, -0.2) is 0 Å². The standard InChI is InChI=1S/C21H20/c1-2-3-4-5-6-10-17-13-9-14-20-15-18-11-7-8-12-19(18)16-21(17)20/h1,7-9,11-16H,3-6,10H2. The van der Waals surface area contributed by atoms with Gasteiger partial charge in [0.2, 0.25) is 0 Å². The number of terminal acetylenes is 1. The van der Waals surface area contributed by atoms with Crippen molar-refractivity contribution >= 4 is 21.5 Å². The Morgan fingerprint density at radius 1 is 0.762 bits per heavy atom. The molecule has 0 aromatic heterocycles. The van der Waals surface area contributed by atoms with E-state index in [0.717, 1.165) is 19.3 Å². The van der Waals surface area contributed by atoms with Gasteiger partial charge in [-0.3, -0.25) is 0 Å². The summed E-state index contributed by atoms with van der Waals surface area (Å²) in [7, 11) is 0. The summed E-state index contributed by atoms with van der Waals surface area (Å²) in [6, 6.07) is 19.9. The van der Waals surface area contributed by atoms with Crippen molar-refractivity contribution in [3.8, 4) is 12.3 Å². The highest BCUT2D eigenvalue weighted by Gasteiger charge is 2.03. The minimum atomic E-state index is 0.903. The Hall–Kier alpha value is -2.26. The summed E-state index contributed by atoms with van der Waals surface area (Å²) < 4.78 is 0. The first-order valence-corrected chi connectivity index (χ1v) is 7.72. The summed E-state index contributed by atoms with van der Waals surface area (Å²) in [6.45, 7) is 0. The van der Waals surface area contributed by atoms with Crippen molar-refractivity contribution in [2.24, 2.45) is 0 Å². The number of unbranched alkanes of at least 4 members (excludes halogenated alkanes) is 3. The average molecular weight is 272 g/mol. The molecule has 0 spiro atoms. The molecule has 0 heterocycles. The first kappa shape index (κ1) is 13.7. The topological polar surface area (TPSA) is 0 Å². The second-order valence-corrected chi connectivity index (χ2v) is 5.60. The van der Waals surface area contributed by atoms with Crippen molar-refractivity contribution < 1.29 is 0 Å². The number of aryl methyl sites for hydroxylation is 1. The van der Waals surface area contributed by atoms with E-state index in [-0.39, 0.29) is 0 Å². The molecule has 3 aromatic carbocycles. The highest BCUT2D eigenvalue weighted by atomic mass is 14.1. The first-order valence-electron chi connectivity index (χ1n) is 7.72. The molecule has 104 valence electrons. The summed E-state index contributed by atoms with van der Waals surface area (Å²) in [4.78, 5) is 0. The minimum absolute atomic E-state index is 0.903. The third-order valence-electron chi connectivity index (χ3n) is 4.10. The lowest BCUT2D eigenvalue weighted by Gasteiger charge is -2.08. The van der Waals surface area contributed by atoms with E-state index in [9.17, 15) is 0 Å². The van der Waals surface area contributed by atoms with Crippen LogP contribution >= 0.6 is 0 Å². The fourth-order valence-corrected chi connectivity index (χ4v) is 2.97. The lowest BCUT2D eigenvalue weighted by Crippen LogP contribution is -1.88. The Kier molecular flexibility index (Phi) is 4.22. The maximum absolute atomic E-state index is 5.30. The predicted molar refractivity (Wildman–Crippen MR) is 92.5 cm³/mol. The maximum atomic E-state index is 5.30. The molecular formula is C21H20. The second kappa shape index (κ2) is 6.46. The Balaban J connectivity index is 1.88. The summed E-state index contributed by atoms with van der Waals surface area (Å²) >= 11 is 0. The molecule has 0 radical (unpaired) electrons. The molecular weight excluding hydrogens is 252 g/mol. The molecule has 0 amide bonds. The highest BCUT2D eigenvalue weighted by Crippen LogP contribution is 2.26. The van der Waals surface area contributed by atoms with Crippen LogP contribution in [0, 0.1) is 12.3 Å². The molecule has 0 fully saturated rings. The molecule has 0 bridgehead atoms. The molecule has 0 heteroatoms. The van der Waals surface area contributed by atoms with Gasteiger partial charge in [0.15, 0.2) is 0 Å². The first-order chi connectivity index (χ1) is 10.4. The van der Waals surface area contributed by atoms with Gasteiger partial charge >= 0.3 is 0 Å². The lowest BCUT2D eigenvalue weighted by molar-refractivity contribution is 0.694. The molecule has 0 saturated carbocycles. The van der Waals surface area contributed by atoms with Crippen LogP contribution in [0.25, 0.3) is 21.5 Å². The molecule has 0 aliphatic carbocycles. The van der Waals surface area contributed by atoms with Gasteiger partial charge in [-0.2, -0.15) is 0 Å².